The van der Waals surface area contributed by atoms with Crippen molar-refractivity contribution in [2.75, 3.05) is 11.9 Å². The minimum atomic E-state index is -2.75. The summed E-state index contributed by atoms with van der Waals surface area (Å²) >= 11 is 0. The molecule has 1 rings (SSSR count). The topological polar surface area (TPSA) is 58.0 Å². The van der Waals surface area contributed by atoms with Gasteiger partial charge in [0.1, 0.15) is 17.7 Å². The number of aryl methyl sites for hydroxylation is 2. The van der Waals surface area contributed by atoms with E-state index in [0.29, 0.717) is 11.6 Å². The summed E-state index contributed by atoms with van der Waals surface area (Å²) in [6, 6.07) is 1.69. The lowest BCUT2D eigenvalue weighted by atomic mass is 10.3. The molecule has 16 heavy (non-hydrogen) atoms. The van der Waals surface area contributed by atoms with Gasteiger partial charge in [-0.2, -0.15) is 0 Å². The summed E-state index contributed by atoms with van der Waals surface area (Å²) in [5, 5.41) is 11.6. The predicted octanol–water partition coefficient (Wildman–Crippen LogP) is 1.39. The van der Waals surface area contributed by atoms with Gasteiger partial charge in [0.2, 0.25) is 0 Å². The molecule has 0 aliphatic rings. The minimum Gasteiger partial charge on any atom is -0.385 e. The highest BCUT2D eigenvalue weighted by molar-refractivity contribution is 5.36. The van der Waals surface area contributed by atoms with Crippen molar-refractivity contribution in [3.63, 3.8) is 0 Å². The zero-order chi connectivity index (χ0) is 12.1. The first kappa shape index (κ1) is 12.8. The monoisotopic (exact) mass is 231 g/mol. The molecule has 0 aromatic carbocycles. The van der Waals surface area contributed by atoms with E-state index in [1.54, 1.807) is 13.0 Å². The molecule has 0 aliphatic heterocycles. The van der Waals surface area contributed by atoms with Gasteiger partial charge in [-0.3, -0.25) is 0 Å². The zero-order valence-electron chi connectivity index (χ0n) is 9.24. The first-order chi connectivity index (χ1) is 7.52. The van der Waals surface area contributed by atoms with Crippen LogP contribution in [0.1, 0.15) is 18.4 Å². The first-order valence-electron chi connectivity index (χ1n) is 5.07. The van der Waals surface area contributed by atoms with Crippen molar-refractivity contribution >= 4 is 5.82 Å². The number of nitrogens with zero attached hydrogens (tertiary/aromatic N) is 2. The summed E-state index contributed by atoms with van der Waals surface area (Å²) < 4.78 is 24.1. The Kier molecular flexibility index (Phi) is 4.54. The van der Waals surface area contributed by atoms with E-state index in [9.17, 15) is 8.78 Å². The molecule has 0 aliphatic carbocycles. The Balaban J connectivity index is 2.63. The van der Waals surface area contributed by atoms with Crippen molar-refractivity contribution in [1.82, 2.24) is 9.97 Å². The Bertz CT molecular complexity index is 347. The maximum absolute atomic E-state index is 12.0. The van der Waals surface area contributed by atoms with Crippen molar-refractivity contribution in [1.29, 1.82) is 0 Å². The molecule has 0 fully saturated rings. The molecule has 6 heteroatoms. The van der Waals surface area contributed by atoms with E-state index in [4.69, 9.17) is 5.11 Å². The normalized spacial score (nSPS) is 12.9. The lowest BCUT2D eigenvalue weighted by Gasteiger charge is -2.11. The van der Waals surface area contributed by atoms with Crippen LogP contribution in [-0.2, 0) is 6.42 Å². The van der Waals surface area contributed by atoms with Crippen molar-refractivity contribution in [3.8, 4) is 0 Å². The highest BCUT2D eigenvalue weighted by Gasteiger charge is 2.16. The Hall–Kier alpha value is -1.30. The van der Waals surface area contributed by atoms with Crippen molar-refractivity contribution in [2.24, 2.45) is 0 Å². The van der Waals surface area contributed by atoms with E-state index in [0.717, 1.165) is 12.1 Å². The largest absolute Gasteiger partial charge is 0.385 e. The third kappa shape index (κ3) is 3.69. The van der Waals surface area contributed by atoms with Gasteiger partial charge in [-0.05, 0) is 13.3 Å². The van der Waals surface area contributed by atoms with Crippen LogP contribution in [0, 0.1) is 6.92 Å². The Morgan fingerprint density at radius 2 is 2.12 bits per heavy atom. The summed E-state index contributed by atoms with van der Waals surface area (Å²) in [6.07, 6.45) is -3.68. The summed E-state index contributed by atoms with van der Waals surface area (Å²) in [4.78, 5) is 8.19. The lowest BCUT2D eigenvalue weighted by Crippen LogP contribution is -2.27. The zero-order valence-corrected chi connectivity index (χ0v) is 9.24. The molecule has 1 aromatic rings. The van der Waals surface area contributed by atoms with E-state index < -0.39 is 12.5 Å². The maximum atomic E-state index is 12.0. The SMILES string of the molecule is CCc1cc(NCC(O)C(F)F)nc(C)n1. The molecule has 90 valence electrons. The van der Waals surface area contributed by atoms with Crippen LogP contribution in [0.2, 0.25) is 0 Å². The van der Waals surface area contributed by atoms with Crippen LogP contribution in [0.4, 0.5) is 14.6 Å². The highest BCUT2D eigenvalue weighted by atomic mass is 19.3. The number of halogens is 2. The van der Waals surface area contributed by atoms with Crippen molar-refractivity contribution in [3.05, 3.63) is 17.6 Å². The predicted molar refractivity (Wildman–Crippen MR) is 56.6 cm³/mol. The third-order valence-electron chi connectivity index (χ3n) is 2.04. The van der Waals surface area contributed by atoms with Gasteiger partial charge in [0.25, 0.3) is 6.43 Å². The fraction of sp³-hybridized carbons (Fsp3) is 0.600. The molecule has 0 saturated carbocycles. The third-order valence-corrected chi connectivity index (χ3v) is 2.04. The van der Waals surface area contributed by atoms with Crippen LogP contribution in [-0.4, -0.2) is 34.1 Å². The van der Waals surface area contributed by atoms with E-state index >= 15 is 0 Å². The molecule has 0 amide bonds. The molecule has 1 atom stereocenters. The Morgan fingerprint density at radius 3 is 2.69 bits per heavy atom. The molecule has 2 N–H and O–H groups in total. The number of rotatable bonds is 5. The van der Waals surface area contributed by atoms with Crippen LogP contribution >= 0.6 is 0 Å². The smallest absolute Gasteiger partial charge is 0.265 e. The standard InChI is InChI=1S/C10H15F2N3O/c1-3-7-4-9(15-6(2)14-7)13-5-8(16)10(11)12/h4,8,10,16H,3,5H2,1-2H3,(H,13,14,15). The Labute approximate surface area is 92.7 Å². The summed E-state index contributed by atoms with van der Waals surface area (Å²) in [7, 11) is 0. The number of alkyl halides is 2. The van der Waals surface area contributed by atoms with Crippen LogP contribution in [0.3, 0.4) is 0 Å². The molecule has 0 saturated heterocycles. The quantitative estimate of drug-likeness (QED) is 0.804. The number of aromatic nitrogens is 2. The second kappa shape index (κ2) is 5.69. The first-order valence-corrected chi connectivity index (χ1v) is 5.07. The fourth-order valence-electron chi connectivity index (χ4n) is 1.20. The second-order valence-electron chi connectivity index (χ2n) is 3.43. The van der Waals surface area contributed by atoms with Gasteiger partial charge in [-0.15, -0.1) is 0 Å². The maximum Gasteiger partial charge on any atom is 0.265 e. The summed E-state index contributed by atoms with van der Waals surface area (Å²) in [5.41, 5.74) is 0.835. The van der Waals surface area contributed by atoms with Gasteiger partial charge in [0.05, 0.1) is 0 Å². The van der Waals surface area contributed by atoms with E-state index in [2.05, 4.69) is 15.3 Å². The molecule has 0 radical (unpaired) electrons. The van der Waals surface area contributed by atoms with Crippen LogP contribution in [0.15, 0.2) is 6.07 Å². The van der Waals surface area contributed by atoms with E-state index in [-0.39, 0.29) is 6.54 Å². The number of hydrogen-bond donors (Lipinski definition) is 2. The molecular formula is C10H15F2N3O. The molecule has 1 aromatic heterocycles. The van der Waals surface area contributed by atoms with Gasteiger partial charge >= 0.3 is 0 Å². The average Bonchev–Trinajstić information content (AvgIpc) is 2.24. The van der Waals surface area contributed by atoms with E-state index in [1.807, 2.05) is 6.92 Å². The number of anilines is 1. The molecule has 0 spiro atoms. The minimum absolute atomic E-state index is 0.225. The summed E-state index contributed by atoms with van der Waals surface area (Å²) in [5.74, 6) is 1.04. The van der Waals surface area contributed by atoms with Gasteiger partial charge in [0.15, 0.2) is 0 Å². The van der Waals surface area contributed by atoms with Gasteiger partial charge in [-0.25, -0.2) is 18.7 Å². The van der Waals surface area contributed by atoms with Crippen molar-refractivity contribution in [2.45, 2.75) is 32.8 Å². The lowest BCUT2D eigenvalue weighted by molar-refractivity contribution is 0.00380. The fourth-order valence-corrected chi connectivity index (χ4v) is 1.20. The van der Waals surface area contributed by atoms with Gasteiger partial charge in [0, 0.05) is 18.3 Å². The highest BCUT2D eigenvalue weighted by Crippen LogP contribution is 2.08. The van der Waals surface area contributed by atoms with Crippen LogP contribution in [0.25, 0.3) is 0 Å². The average molecular weight is 231 g/mol. The number of hydrogen-bond acceptors (Lipinski definition) is 4. The molecular weight excluding hydrogens is 216 g/mol. The second-order valence-corrected chi connectivity index (χ2v) is 3.43. The number of nitrogens with one attached hydrogen (secondary N) is 1. The van der Waals surface area contributed by atoms with Crippen molar-refractivity contribution < 1.29 is 13.9 Å². The Morgan fingerprint density at radius 1 is 1.44 bits per heavy atom. The number of aliphatic hydroxyl groups is 1. The van der Waals surface area contributed by atoms with Crippen LogP contribution in [0.5, 0.6) is 0 Å². The molecule has 1 heterocycles. The molecule has 4 nitrogen and oxygen atoms in total. The van der Waals surface area contributed by atoms with Crippen LogP contribution < -0.4 is 5.32 Å². The number of aliphatic hydroxyl groups excluding tert-OH is 1. The molecule has 0 bridgehead atoms. The van der Waals surface area contributed by atoms with Gasteiger partial charge < -0.3 is 10.4 Å². The van der Waals surface area contributed by atoms with Gasteiger partial charge in [-0.1, -0.05) is 6.92 Å². The summed E-state index contributed by atoms with van der Waals surface area (Å²) in [6.45, 7) is 3.45. The van der Waals surface area contributed by atoms with E-state index in [1.165, 1.54) is 0 Å². The molecule has 1 unspecified atom stereocenters.